The summed E-state index contributed by atoms with van der Waals surface area (Å²) < 4.78 is 4.81. The van der Waals surface area contributed by atoms with Gasteiger partial charge in [-0.1, -0.05) is 11.6 Å². The van der Waals surface area contributed by atoms with E-state index in [1.165, 1.54) is 6.20 Å². The first-order valence-electron chi connectivity index (χ1n) is 3.26. The molecule has 0 saturated heterocycles. The number of nitrogens with zero attached hydrogens (tertiary/aromatic N) is 3. The molecule has 2 rings (SSSR count). The van der Waals surface area contributed by atoms with Crippen LogP contribution in [0.5, 0.6) is 0 Å². The van der Waals surface area contributed by atoms with Gasteiger partial charge in [-0.05, 0) is 12.1 Å². The molecule has 0 aromatic carbocycles. The molecular formula is C7H4ClN3O. The summed E-state index contributed by atoms with van der Waals surface area (Å²) in [5.41, 5.74) is 0.698. The molecule has 2 aromatic heterocycles. The highest BCUT2D eigenvalue weighted by atomic mass is 35.5. The van der Waals surface area contributed by atoms with E-state index >= 15 is 0 Å². The fraction of sp³-hybridized carbons (Fsp3) is 0. The maximum absolute atomic E-state index is 5.79. The van der Waals surface area contributed by atoms with Crippen molar-refractivity contribution in [2.75, 3.05) is 0 Å². The summed E-state index contributed by atoms with van der Waals surface area (Å²) >= 11 is 5.79. The van der Waals surface area contributed by atoms with Crippen molar-refractivity contribution in [1.29, 1.82) is 0 Å². The smallest absolute Gasteiger partial charge is 0.190 e. The zero-order valence-corrected chi connectivity index (χ0v) is 6.69. The molecule has 0 saturated carbocycles. The Morgan fingerprint density at radius 2 is 2.33 bits per heavy atom. The van der Waals surface area contributed by atoms with Crippen molar-refractivity contribution in [2.45, 2.75) is 0 Å². The molecule has 5 heteroatoms. The van der Waals surface area contributed by atoms with E-state index in [2.05, 4.69) is 15.4 Å². The largest absolute Gasteiger partial charge is 0.337 e. The second-order valence-electron chi connectivity index (χ2n) is 2.12. The lowest BCUT2D eigenvalue weighted by Gasteiger charge is -1.94. The molecule has 0 aliphatic rings. The van der Waals surface area contributed by atoms with E-state index < -0.39 is 0 Å². The lowest BCUT2D eigenvalue weighted by molar-refractivity contribution is 0.403. The zero-order valence-electron chi connectivity index (χ0n) is 5.94. The molecule has 0 fully saturated rings. The third-order valence-corrected chi connectivity index (χ3v) is 1.69. The van der Waals surface area contributed by atoms with Gasteiger partial charge in [0.1, 0.15) is 5.15 Å². The average molecular weight is 182 g/mol. The van der Waals surface area contributed by atoms with Crippen molar-refractivity contribution >= 4 is 11.6 Å². The standard InChI is InChI=1S/C7H4ClN3O/c8-7-5(2-1-3-9-7)6-4-10-11-12-6/h1-4H. The highest BCUT2D eigenvalue weighted by Gasteiger charge is 2.06. The summed E-state index contributed by atoms with van der Waals surface area (Å²) in [6.07, 6.45) is 3.10. The Kier molecular flexibility index (Phi) is 1.75. The quantitative estimate of drug-likeness (QED) is 0.630. The van der Waals surface area contributed by atoms with Crippen LogP contribution in [0, 0.1) is 0 Å². The normalized spacial score (nSPS) is 10.1. The Morgan fingerprint density at radius 1 is 1.42 bits per heavy atom. The van der Waals surface area contributed by atoms with Crippen molar-refractivity contribution in [2.24, 2.45) is 0 Å². The molecule has 0 spiro atoms. The summed E-state index contributed by atoms with van der Waals surface area (Å²) in [5.74, 6) is 0.521. The van der Waals surface area contributed by atoms with Crippen molar-refractivity contribution < 1.29 is 4.52 Å². The minimum absolute atomic E-state index is 0.385. The Hall–Kier alpha value is -1.42. The second-order valence-corrected chi connectivity index (χ2v) is 2.48. The predicted octanol–water partition coefficient (Wildman–Crippen LogP) is 1.78. The molecule has 0 aliphatic heterocycles. The van der Waals surface area contributed by atoms with Crippen molar-refractivity contribution in [1.82, 2.24) is 15.4 Å². The number of hydrogen-bond donors (Lipinski definition) is 0. The van der Waals surface area contributed by atoms with Gasteiger partial charge in [0.25, 0.3) is 0 Å². The highest BCUT2D eigenvalue weighted by molar-refractivity contribution is 6.31. The van der Waals surface area contributed by atoms with Gasteiger partial charge in [0.15, 0.2) is 5.76 Å². The number of rotatable bonds is 1. The summed E-state index contributed by atoms with van der Waals surface area (Å²) in [4.78, 5) is 3.88. The van der Waals surface area contributed by atoms with Gasteiger partial charge in [-0.3, -0.25) is 0 Å². The van der Waals surface area contributed by atoms with Crippen LogP contribution in [-0.4, -0.2) is 15.4 Å². The maximum atomic E-state index is 5.79. The first-order chi connectivity index (χ1) is 5.88. The van der Waals surface area contributed by atoms with E-state index in [9.17, 15) is 0 Å². The van der Waals surface area contributed by atoms with Crippen LogP contribution in [-0.2, 0) is 0 Å². The van der Waals surface area contributed by atoms with Gasteiger partial charge < -0.3 is 4.52 Å². The van der Waals surface area contributed by atoms with Gasteiger partial charge in [-0.15, -0.1) is 5.10 Å². The van der Waals surface area contributed by atoms with Crippen molar-refractivity contribution in [3.63, 3.8) is 0 Å². The second kappa shape index (κ2) is 2.91. The Balaban J connectivity index is 2.55. The van der Waals surface area contributed by atoms with Gasteiger partial charge in [0, 0.05) is 11.5 Å². The van der Waals surface area contributed by atoms with Crippen LogP contribution >= 0.6 is 11.6 Å². The van der Waals surface area contributed by atoms with Crippen LogP contribution in [0.3, 0.4) is 0 Å². The molecule has 12 heavy (non-hydrogen) atoms. The predicted molar refractivity (Wildman–Crippen MR) is 42.5 cm³/mol. The SMILES string of the molecule is Clc1ncccc1-c1cnno1. The monoisotopic (exact) mass is 181 g/mol. The van der Waals surface area contributed by atoms with E-state index in [0.29, 0.717) is 16.5 Å². The third kappa shape index (κ3) is 1.16. The van der Waals surface area contributed by atoms with Gasteiger partial charge in [0.2, 0.25) is 0 Å². The molecule has 0 radical (unpaired) electrons. The van der Waals surface area contributed by atoms with Gasteiger partial charge in [-0.2, -0.15) is 0 Å². The molecule has 0 atom stereocenters. The van der Waals surface area contributed by atoms with E-state index in [4.69, 9.17) is 16.1 Å². The average Bonchev–Trinajstić information content (AvgIpc) is 2.57. The van der Waals surface area contributed by atoms with Gasteiger partial charge >= 0.3 is 0 Å². The lowest BCUT2D eigenvalue weighted by atomic mass is 10.2. The van der Waals surface area contributed by atoms with Crippen LogP contribution in [0.4, 0.5) is 0 Å². The highest BCUT2D eigenvalue weighted by Crippen LogP contribution is 2.23. The first-order valence-corrected chi connectivity index (χ1v) is 3.64. The fourth-order valence-electron chi connectivity index (χ4n) is 0.856. The van der Waals surface area contributed by atoms with Crippen molar-refractivity contribution in [3.8, 4) is 11.3 Å². The van der Waals surface area contributed by atoms with Crippen LogP contribution in [0.1, 0.15) is 0 Å². The summed E-state index contributed by atoms with van der Waals surface area (Å²) in [6, 6.07) is 3.56. The molecule has 0 unspecified atom stereocenters. The number of pyridine rings is 1. The summed E-state index contributed by atoms with van der Waals surface area (Å²) in [5, 5.41) is 7.25. The van der Waals surface area contributed by atoms with Crippen LogP contribution in [0.15, 0.2) is 29.0 Å². The van der Waals surface area contributed by atoms with E-state index in [1.807, 2.05) is 0 Å². The van der Waals surface area contributed by atoms with Gasteiger partial charge in [-0.25, -0.2) is 4.98 Å². The van der Waals surface area contributed by atoms with Crippen LogP contribution < -0.4 is 0 Å². The van der Waals surface area contributed by atoms with E-state index in [-0.39, 0.29) is 0 Å². The summed E-state index contributed by atoms with van der Waals surface area (Å²) in [6.45, 7) is 0. The van der Waals surface area contributed by atoms with E-state index in [1.54, 1.807) is 18.3 Å². The molecule has 0 amide bonds. The molecule has 0 aliphatic carbocycles. The molecule has 2 aromatic rings. The van der Waals surface area contributed by atoms with Crippen LogP contribution in [0.25, 0.3) is 11.3 Å². The minimum Gasteiger partial charge on any atom is -0.337 e. The summed E-state index contributed by atoms with van der Waals surface area (Å²) in [7, 11) is 0. The third-order valence-electron chi connectivity index (χ3n) is 1.39. The fourth-order valence-corrected chi connectivity index (χ4v) is 1.07. The van der Waals surface area contributed by atoms with E-state index in [0.717, 1.165) is 0 Å². The molecule has 4 nitrogen and oxygen atoms in total. The number of halogens is 1. The molecule has 60 valence electrons. The minimum atomic E-state index is 0.385. The molecular weight excluding hydrogens is 178 g/mol. The van der Waals surface area contributed by atoms with Crippen molar-refractivity contribution in [3.05, 3.63) is 29.7 Å². The zero-order chi connectivity index (χ0) is 8.39. The Morgan fingerprint density at radius 3 is 3.00 bits per heavy atom. The Labute approximate surface area is 73.2 Å². The number of hydrogen-bond acceptors (Lipinski definition) is 4. The first kappa shape index (κ1) is 7.24. The lowest BCUT2D eigenvalue weighted by Crippen LogP contribution is -1.78. The van der Waals surface area contributed by atoms with Gasteiger partial charge in [0.05, 0.1) is 11.8 Å². The van der Waals surface area contributed by atoms with Crippen LogP contribution in [0.2, 0.25) is 5.15 Å². The molecule has 0 bridgehead atoms. The maximum Gasteiger partial charge on any atom is 0.190 e. The Bertz CT molecular complexity index is 374. The molecule has 0 N–H and O–H groups in total. The topological polar surface area (TPSA) is 51.8 Å². The number of aromatic nitrogens is 3. The molecule has 2 heterocycles.